The van der Waals surface area contributed by atoms with Gasteiger partial charge in [-0.3, -0.25) is 4.90 Å². The molecule has 1 aliphatic heterocycles. The van der Waals surface area contributed by atoms with Crippen molar-refractivity contribution in [3.63, 3.8) is 0 Å². The molecule has 2 fully saturated rings. The summed E-state index contributed by atoms with van der Waals surface area (Å²) in [5, 5.41) is 0. The standard InChI is InChI=1S/C14H27N/c1-12(2,3)15-10-14(6)8-11(15)7-13(4,5)9-14/h11H,7-10H2,1-6H3/t11?,14-/m0/s1. The fraction of sp³-hybridized carbons (Fsp3) is 1.00. The third kappa shape index (κ3) is 2.08. The smallest absolute Gasteiger partial charge is 0.0128 e. The Bertz CT molecular complexity index is 261. The number of nitrogens with zero attached hydrogens (tertiary/aromatic N) is 1. The number of hydrogen-bond acceptors (Lipinski definition) is 1. The zero-order chi connectivity index (χ0) is 11.5. The van der Waals surface area contributed by atoms with Crippen molar-refractivity contribution < 1.29 is 0 Å². The summed E-state index contributed by atoms with van der Waals surface area (Å²) in [6.07, 6.45) is 4.22. The molecule has 1 heteroatoms. The highest BCUT2D eigenvalue weighted by atomic mass is 15.2. The Labute approximate surface area is 95.2 Å². The molecule has 15 heavy (non-hydrogen) atoms. The highest BCUT2D eigenvalue weighted by molar-refractivity contribution is 5.05. The van der Waals surface area contributed by atoms with Gasteiger partial charge in [-0.1, -0.05) is 20.8 Å². The maximum Gasteiger partial charge on any atom is 0.0128 e. The third-order valence-electron chi connectivity index (χ3n) is 4.28. The lowest BCUT2D eigenvalue weighted by atomic mass is 9.65. The molecule has 88 valence electrons. The summed E-state index contributed by atoms with van der Waals surface area (Å²) < 4.78 is 0. The summed E-state index contributed by atoms with van der Waals surface area (Å²) >= 11 is 0. The van der Waals surface area contributed by atoms with Crippen LogP contribution in [-0.2, 0) is 0 Å². The predicted octanol–water partition coefficient (Wildman–Crippen LogP) is 3.69. The van der Waals surface area contributed by atoms with E-state index in [1.807, 2.05) is 0 Å². The number of rotatable bonds is 0. The molecule has 1 nitrogen and oxygen atoms in total. The zero-order valence-corrected chi connectivity index (χ0v) is 11.4. The van der Waals surface area contributed by atoms with Gasteiger partial charge in [0.1, 0.15) is 0 Å². The zero-order valence-electron chi connectivity index (χ0n) is 11.4. The van der Waals surface area contributed by atoms with Gasteiger partial charge in [0.15, 0.2) is 0 Å². The van der Waals surface area contributed by atoms with Gasteiger partial charge in [0.2, 0.25) is 0 Å². The maximum atomic E-state index is 2.75. The van der Waals surface area contributed by atoms with Gasteiger partial charge in [-0.25, -0.2) is 0 Å². The summed E-state index contributed by atoms with van der Waals surface area (Å²) in [6, 6.07) is 0.832. The van der Waals surface area contributed by atoms with E-state index in [0.717, 1.165) is 6.04 Å². The molecule has 2 rings (SSSR count). The van der Waals surface area contributed by atoms with E-state index < -0.39 is 0 Å². The lowest BCUT2D eigenvalue weighted by Crippen LogP contribution is -2.45. The first-order valence-electron chi connectivity index (χ1n) is 6.38. The monoisotopic (exact) mass is 209 g/mol. The molecule has 0 aromatic carbocycles. The van der Waals surface area contributed by atoms with Gasteiger partial charge in [-0.05, 0) is 50.9 Å². The summed E-state index contributed by atoms with van der Waals surface area (Å²) in [4.78, 5) is 2.75. The average Bonchev–Trinajstić information content (AvgIpc) is 2.17. The fourth-order valence-electron chi connectivity index (χ4n) is 4.24. The number of hydrogen-bond donors (Lipinski definition) is 0. The minimum Gasteiger partial charge on any atom is -0.295 e. The summed E-state index contributed by atoms with van der Waals surface area (Å²) in [5.41, 5.74) is 1.49. The molecule has 0 radical (unpaired) electrons. The second-order valence-electron chi connectivity index (χ2n) is 8.01. The Morgan fingerprint density at radius 1 is 1.07 bits per heavy atom. The van der Waals surface area contributed by atoms with Gasteiger partial charge in [-0.2, -0.15) is 0 Å². The van der Waals surface area contributed by atoms with E-state index in [2.05, 4.69) is 46.4 Å². The van der Waals surface area contributed by atoms with Crippen molar-refractivity contribution in [3.8, 4) is 0 Å². The minimum absolute atomic E-state index is 0.350. The SMILES string of the molecule is CC1(C)CC2C[C@](C)(CN2C(C)(C)C)C1. The van der Waals surface area contributed by atoms with Crippen LogP contribution in [0.1, 0.15) is 60.8 Å². The van der Waals surface area contributed by atoms with Crippen LogP contribution < -0.4 is 0 Å². The van der Waals surface area contributed by atoms with Crippen LogP contribution in [-0.4, -0.2) is 23.0 Å². The average molecular weight is 209 g/mol. The minimum atomic E-state index is 0.350. The normalized spacial score (nSPS) is 40.8. The van der Waals surface area contributed by atoms with Gasteiger partial charge in [0, 0.05) is 18.1 Å². The molecule has 1 unspecified atom stereocenters. The molecule has 1 aliphatic carbocycles. The molecule has 1 saturated carbocycles. The Morgan fingerprint density at radius 3 is 2.20 bits per heavy atom. The van der Waals surface area contributed by atoms with Crippen LogP contribution in [0.4, 0.5) is 0 Å². The van der Waals surface area contributed by atoms with Crippen molar-refractivity contribution in [2.75, 3.05) is 6.54 Å². The van der Waals surface area contributed by atoms with E-state index in [-0.39, 0.29) is 0 Å². The molecule has 2 bridgehead atoms. The molecule has 1 heterocycles. The van der Waals surface area contributed by atoms with E-state index in [9.17, 15) is 0 Å². The highest BCUT2D eigenvalue weighted by Crippen LogP contribution is 2.53. The van der Waals surface area contributed by atoms with Gasteiger partial charge in [-0.15, -0.1) is 0 Å². The van der Waals surface area contributed by atoms with E-state index >= 15 is 0 Å². The molecule has 0 aromatic heterocycles. The Hall–Kier alpha value is -0.0400. The molecule has 1 saturated heterocycles. The van der Waals surface area contributed by atoms with Gasteiger partial charge < -0.3 is 0 Å². The second-order valence-corrected chi connectivity index (χ2v) is 8.01. The van der Waals surface area contributed by atoms with Crippen molar-refractivity contribution in [2.45, 2.75) is 72.4 Å². The highest BCUT2D eigenvalue weighted by Gasteiger charge is 2.51. The molecule has 0 N–H and O–H groups in total. The lowest BCUT2D eigenvalue weighted by molar-refractivity contribution is 0.0929. The molecular formula is C14H27N. The first-order valence-corrected chi connectivity index (χ1v) is 6.38. The van der Waals surface area contributed by atoms with Crippen LogP contribution in [0.25, 0.3) is 0 Å². The molecule has 0 amide bonds. The summed E-state index contributed by atoms with van der Waals surface area (Å²) in [5.74, 6) is 0. The van der Waals surface area contributed by atoms with E-state index in [1.165, 1.54) is 25.8 Å². The van der Waals surface area contributed by atoms with E-state index in [0.29, 0.717) is 16.4 Å². The van der Waals surface area contributed by atoms with Crippen LogP contribution in [0, 0.1) is 10.8 Å². The van der Waals surface area contributed by atoms with Crippen molar-refractivity contribution in [1.82, 2.24) is 4.90 Å². The van der Waals surface area contributed by atoms with Gasteiger partial charge in [0.05, 0.1) is 0 Å². The van der Waals surface area contributed by atoms with Crippen LogP contribution in [0.3, 0.4) is 0 Å². The predicted molar refractivity (Wildman–Crippen MR) is 66.0 cm³/mol. The Balaban J connectivity index is 2.24. The molecule has 0 aromatic rings. The molecule has 0 spiro atoms. The third-order valence-corrected chi connectivity index (χ3v) is 4.28. The topological polar surface area (TPSA) is 3.24 Å². The van der Waals surface area contributed by atoms with E-state index in [4.69, 9.17) is 0 Å². The summed E-state index contributed by atoms with van der Waals surface area (Å²) in [6.45, 7) is 15.8. The lowest BCUT2D eigenvalue weighted by Gasteiger charge is -2.41. The van der Waals surface area contributed by atoms with Crippen molar-refractivity contribution in [3.05, 3.63) is 0 Å². The Morgan fingerprint density at radius 2 is 1.67 bits per heavy atom. The van der Waals surface area contributed by atoms with Crippen LogP contribution in [0.2, 0.25) is 0 Å². The summed E-state index contributed by atoms with van der Waals surface area (Å²) in [7, 11) is 0. The Kier molecular flexibility index (Phi) is 2.29. The molecule has 2 atom stereocenters. The van der Waals surface area contributed by atoms with E-state index in [1.54, 1.807) is 0 Å². The first-order chi connectivity index (χ1) is 6.61. The van der Waals surface area contributed by atoms with Crippen molar-refractivity contribution >= 4 is 0 Å². The van der Waals surface area contributed by atoms with Crippen molar-refractivity contribution in [1.29, 1.82) is 0 Å². The van der Waals surface area contributed by atoms with Crippen LogP contribution in [0.15, 0.2) is 0 Å². The quantitative estimate of drug-likeness (QED) is 0.588. The van der Waals surface area contributed by atoms with Gasteiger partial charge in [0.25, 0.3) is 0 Å². The molecular weight excluding hydrogens is 182 g/mol. The van der Waals surface area contributed by atoms with Crippen LogP contribution >= 0.6 is 0 Å². The largest absolute Gasteiger partial charge is 0.295 e. The fourth-order valence-corrected chi connectivity index (χ4v) is 4.24. The van der Waals surface area contributed by atoms with Crippen molar-refractivity contribution in [2.24, 2.45) is 10.8 Å². The number of likely N-dealkylation sites (tertiary alicyclic amines) is 1. The second kappa shape index (κ2) is 3.00. The molecule has 2 aliphatic rings. The number of fused-ring (bicyclic) bond motifs is 2. The van der Waals surface area contributed by atoms with Gasteiger partial charge >= 0.3 is 0 Å². The maximum absolute atomic E-state index is 2.75. The van der Waals surface area contributed by atoms with Crippen LogP contribution in [0.5, 0.6) is 0 Å². The first kappa shape index (κ1) is 11.4.